The van der Waals surface area contributed by atoms with Crippen molar-refractivity contribution in [3.05, 3.63) is 29.3 Å². The number of hydrogen-bond donors (Lipinski definition) is 0. The lowest BCUT2D eigenvalue weighted by atomic mass is 9.92. The van der Waals surface area contributed by atoms with Crippen LogP contribution in [-0.4, -0.2) is 12.4 Å². The maximum Gasteiger partial charge on any atom is 0.130 e. The predicted octanol–water partition coefficient (Wildman–Crippen LogP) is 4.20. The monoisotopic (exact) mass is 262 g/mol. The molecule has 0 N–H and O–H groups in total. The summed E-state index contributed by atoms with van der Waals surface area (Å²) in [6, 6.07) is 6.34. The molecule has 0 aliphatic carbocycles. The summed E-state index contributed by atoms with van der Waals surface area (Å²) in [5, 5.41) is 0. The lowest BCUT2D eigenvalue weighted by molar-refractivity contribution is -0.117. The molecule has 0 saturated heterocycles. The van der Waals surface area contributed by atoms with Gasteiger partial charge in [0.15, 0.2) is 0 Å². The van der Waals surface area contributed by atoms with Gasteiger partial charge in [-0.25, -0.2) is 0 Å². The topological polar surface area (TPSA) is 26.3 Å². The summed E-state index contributed by atoms with van der Waals surface area (Å²) in [6.45, 7) is 8.85. The molecule has 0 fully saturated rings. The Hall–Kier alpha value is -1.31. The van der Waals surface area contributed by atoms with E-state index in [4.69, 9.17) is 4.74 Å². The molecule has 1 aromatic carbocycles. The Labute approximate surface area is 117 Å². The maximum atomic E-state index is 11.2. The number of ether oxygens (including phenoxy) is 1. The third kappa shape index (κ3) is 5.46. The third-order valence-corrected chi connectivity index (χ3v) is 3.24. The van der Waals surface area contributed by atoms with E-state index in [1.807, 2.05) is 6.07 Å². The van der Waals surface area contributed by atoms with Gasteiger partial charge < -0.3 is 9.53 Å². The zero-order chi connectivity index (χ0) is 14.3. The molecule has 0 amide bonds. The molecule has 2 nitrogen and oxygen atoms in total. The van der Waals surface area contributed by atoms with Gasteiger partial charge in [-0.1, -0.05) is 26.8 Å². The summed E-state index contributed by atoms with van der Waals surface area (Å²) in [5.74, 6) is 1.64. The van der Waals surface area contributed by atoms with Crippen LogP contribution in [0, 0.1) is 5.92 Å². The van der Waals surface area contributed by atoms with Crippen molar-refractivity contribution >= 4 is 5.78 Å². The van der Waals surface area contributed by atoms with E-state index in [-0.39, 0.29) is 5.78 Å². The molecule has 1 unspecified atom stereocenters. The lowest BCUT2D eigenvalue weighted by Gasteiger charge is -2.14. The second-order valence-corrected chi connectivity index (χ2v) is 5.35. The van der Waals surface area contributed by atoms with Crippen LogP contribution in [0.4, 0.5) is 0 Å². The summed E-state index contributed by atoms with van der Waals surface area (Å²) in [5.41, 5.74) is 2.68. The molecule has 0 aliphatic rings. The van der Waals surface area contributed by atoms with Gasteiger partial charge in [0, 0.05) is 6.42 Å². The standard InChI is InChI=1S/C17H26O2/c1-5-9-19-17-8-7-16(15(6-2)12-17)11-13(3)10-14(4)18/h7-8,12-13H,5-6,9-11H2,1-4H3. The van der Waals surface area contributed by atoms with Crippen LogP contribution in [-0.2, 0) is 17.6 Å². The van der Waals surface area contributed by atoms with E-state index in [9.17, 15) is 4.79 Å². The zero-order valence-electron chi connectivity index (χ0n) is 12.7. The molecule has 0 radical (unpaired) electrons. The highest BCUT2D eigenvalue weighted by molar-refractivity contribution is 5.75. The first-order valence-corrected chi connectivity index (χ1v) is 7.30. The van der Waals surface area contributed by atoms with E-state index in [2.05, 4.69) is 32.9 Å². The van der Waals surface area contributed by atoms with Crippen LogP contribution in [0.15, 0.2) is 18.2 Å². The van der Waals surface area contributed by atoms with Crippen molar-refractivity contribution in [1.29, 1.82) is 0 Å². The van der Waals surface area contributed by atoms with Crippen molar-refractivity contribution in [3.63, 3.8) is 0 Å². The van der Waals surface area contributed by atoms with Crippen LogP contribution in [0.5, 0.6) is 5.75 Å². The molecule has 0 aromatic heterocycles. The first-order chi connectivity index (χ1) is 9.06. The van der Waals surface area contributed by atoms with Crippen molar-refractivity contribution in [2.45, 2.75) is 53.4 Å². The Bertz CT molecular complexity index is 410. The Kier molecular flexibility index (Phi) is 6.61. The van der Waals surface area contributed by atoms with Gasteiger partial charge in [-0.15, -0.1) is 0 Å². The molecule has 0 aliphatic heterocycles. The normalized spacial score (nSPS) is 12.2. The largest absolute Gasteiger partial charge is 0.494 e. The van der Waals surface area contributed by atoms with Gasteiger partial charge in [0.2, 0.25) is 0 Å². The number of carbonyl (C=O) groups excluding carboxylic acids is 1. The highest BCUT2D eigenvalue weighted by atomic mass is 16.5. The maximum absolute atomic E-state index is 11.2. The van der Waals surface area contributed by atoms with Crippen LogP contribution >= 0.6 is 0 Å². The molecule has 19 heavy (non-hydrogen) atoms. The average Bonchev–Trinajstić information content (AvgIpc) is 2.36. The Morgan fingerprint density at radius 1 is 1.26 bits per heavy atom. The molecule has 0 spiro atoms. The number of carbonyl (C=O) groups is 1. The molecular formula is C17H26O2. The highest BCUT2D eigenvalue weighted by Gasteiger charge is 2.10. The highest BCUT2D eigenvalue weighted by Crippen LogP contribution is 2.22. The van der Waals surface area contributed by atoms with Crippen molar-refractivity contribution in [1.82, 2.24) is 0 Å². The van der Waals surface area contributed by atoms with E-state index in [1.165, 1.54) is 11.1 Å². The third-order valence-electron chi connectivity index (χ3n) is 3.24. The lowest BCUT2D eigenvalue weighted by Crippen LogP contribution is -2.07. The fraction of sp³-hybridized carbons (Fsp3) is 0.588. The van der Waals surface area contributed by atoms with Crippen molar-refractivity contribution in [3.8, 4) is 5.75 Å². The van der Waals surface area contributed by atoms with E-state index in [1.54, 1.807) is 6.92 Å². The van der Waals surface area contributed by atoms with Gasteiger partial charge in [-0.05, 0) is 55.4 Å². The number of Topliss-reactive ketones (excluding diaryl/α,β-unsaturated/α-hetero) is 1. The minimum Gasteiger partial charge on any atom is -0.494 e. The van der Waals surface area contributed by atoms with Crippen molar-refractivity contribution in [2.24, 2.45) is 5.92 Å². The summed E-state index contributed by atoms with van der Waals surface area (Å²) < 4.78 is 5.67. The molecule has 0 heterocycles. The molecule has 106 valence electrons. The molecule has 1 aromatic rings. The predicted molar refractivity (Wildman–Crippen MR) is 79.8 cm³/mol. The van der Waals surface area contributed by atoms with Gasteiger partial charge in [-0.2, -0.15) is 0 Å². The van der Waals surface area contributed by atoms with Crippen molar-refractivity contribution in [2.75, 3.05) is 6.61 Å². The Balaban J connectivity index is 2.75. The van der Waals surface area contributed by atoms with Crippen LogP contribution < -0.4 is 4.74 Å². The van der Waals surface area contributed by atoms with Crippen LogP contribution in [0.2, 0.25) is 0 Å². The number of ketones is 1. The van der Waals surface area contributed by atoms with E-state index < -0.39 is 0 Å². The van der Waals surface area contributed by atoms with Gasteiger partial charge in [0.05, 0.1) is 6.61 Å². The SMILES string of the molecule is CCCOc1ccc(CC(C)CC(C)=O)c(CC)c1. The van der Waals surface area contributed by atoms with E-state index in [0.29, 0.717) is 12.3 Å². The fourth-order valence-electron chi connectivity index (χ4n) is 2.38. The quantitative estimate of drug-likeness (QED) is 0.702. The smallest absolute Gasteiger partial charge is 0.130 e. The molecule has 1 atom stereocenters. The minimum absolute atomic E-state index is 0.272. The summed E-state index contributed by atoms with van der Waals surface area (Å²) in [7, 11) is 0. The fourth-order valence-corrected chi connectivity index (χ4v) is 2.38. The van der Waals surface area contributed by atoms with Gasteiger partial charge in [-0.3, -0.25) is 0 Å². The first-order valence-electron chi connectivity index (χ1n) is 7.30. The van der Waals surface area contributed by atoms with E-state index >= 15 is 0 Å². The second kappa shape index (κ2) is 7.98. The van der Waals surface area contributed by atoms with Gasteiger partial charge in [0.25, 0.3) is 0 Å². The van der Waals surface area contributed by atoms with Gasteiger partial charge >= 0.3 is 0 Å². The summed E-state index contributed by atoms with van der Waals surface area (Å²) in [4.78, 5) is 11.2. The minimum atomic E-state index is 0.272. The Morgan fingerprint density at radius 2 is 2.00 bits per heavy atom. The first kappa shape index (κ1) is 15.7. The van der Waals surface area contributed by atoms with Crippen LogP contribution in [0.3, 0.4) is 0 Å². The molecular weight excluding hydrogens is 236 g/mol. The summed E-state index contributed by atoms with van der Waals surface area (Å²) in [6.07, 6.45) is 3.67. The number of hydrogen-bond acceptors (Lipinski definition) is 2. The number of benzene rings is 1. The van der Waals surface area contributed by atoms with E-state index in [0.717, 1.165) is 31.6 Å². The molecule has 2 heteroatoms. The molecule has 1 rings (SSSR count). The van der Waals surface area contributed by atoms with Crippen molar-refractivity contribution < 1.29 is 9.53 Å². The van der Waals surface area contributed by atoms with Crippen LogP contribution in [0.25, 0.3) is 0 Å². The zero-order valence-corrected chi connectivity index (χ0v) is 12.7. The average molecular weight is 262 g/mol. The molecule has 0 saturated carbocycles. The summed E-state index contributed by atoms with van der Waals surface area (Å²) >= 11 is 0. The van der Waals surface area contributed by atoms with Gasteiger partial charge in [0.1, 0.15) is 11.5 Å². The molecule has 0 bridgehead atoms. The number of rotatable bonds is 8. The number of aryl methyl sites for hydroxylation is 1. The van der Waals surface area contributed by atoms with Crippen LogP contribution in [0.1, 0.15) is 51.7 Å². The second-order valence-electron chi connectivity index (χ2n) is 5.35. The Morgan fingerprint density at radius 3 is 2.58 bits per heavy atom.